The van der Waals surface area contributed by atoms with Crippen LogP contribution in [0.2, 0.25) is 0 Å². The standard InChI is InChI=1S/C23H25N3O3/c1-3-29-23(28)25-16-10-8-15(9-11-16)24-22(27)18-6-4-5-17-19-13-14(2)7-12-20(19)26-21(17)18/h4-6,8-11,14,26H,3,7,12-13H2,1-2H3,(H,24,27)(H,25,28). The summed E-state index contributed by atoms with van der Waals surface area (Å²) in [6, 6.07) is 12.8. The van der Waals surface area contributed by atoms with Crippen LogP contribution < -0.4 is 10.6 Å². The monoisotopic (exact) mass is 391 g/mol. The van der Waals surface area contributed by atoms with Crippen molar-refractivity contribution in [3.63, 3.8) is 0 Å². The summed E-state index contributed by atoms with van der Waals surface area (Å²) in [5.74, 6) is 0.508. The van der Waals surface area contributed by atoms with Crippen molar-refractivity contribution in [3.05, 3.63) is 59.3 Å². The van der Waals surface area contributed by atoms with Gasteiger partial charge in [-0.15, -0.1) is 0 Å². The Bertz CT molecular complexity index is 1050. The second-order valence-electron chi connectivity index (χ2n) is 7.54. The number of hydrogen-bond acceptors (Lipinski definition) is 3. The van der Waals surface area contributed by atoms with Crippen molar-refractivity contribution in [1.29, 1.82) is 0 Å². The third kappa shape index (κ3) is 3.97. The van der Waals surface area contributed by atoms with Crippen LogP contribution in [0, 0.1) is 5.92 Å². The molecule has 2 aromatic carbocycles. The molecule has 1 heterocycles. The van der Waals surface area contributed by atoms with E-state index in [1.165, 1.54) is 17.7 Å². The summed E-state index contributed by atoms with van der Waals surface area (Å²) in [7, 11) is 0. The molecule has 0 saturated carbocycles. The number of para-hydroxylation sites is 1. The van der Waals surface area contributed by atoms with Gasteiger partial charge in [-0.05, 0) is 68.0 Å². The topological polar surface area (TPSA) is 83.2 Å². The molecule has 0 bridgehead atoms. The zero-order chi connectivity index (χ0) is 20.4. The zero-order valence-corrected chi connectivity index (χ0v) is 16.7. The summed E-state index contributed by atoms with van der Waals surface area (Å²) in [4.78, 5) is 27.9. The average molecular weight is 391 g/mol. The summed E-state index contributed by atoms with van der Waals surface area (Å²) in [5.41, 5.74) is 5.42. The van der Waals surface area contributed by atoms with Crippen LogP contribution in [-0.2, 0) is 17.6 Å². The zero-order valence-electron chi connectivity index (χ0n) is 16.7. The fourth-order valence-corrected chi connectivity index (χ4v) is 3.92. The van der Waals surface area contributed by atoms with Crippen molar-refractivity contribution >= 4 is 34.3 Å². The van der Waals surface area contributed by atoms with Gasteiger partial charge in [-0.3, -0.25) is 10.1 Å². The number of H-pyrrole nitrogens is 1. The number of nitrogens with one attached hydrogen (secondary N) is 3. The van der Waals surface area contributed by atoms with Crippen molar-refractivity contribution in [2.24, 2.45) is 5.92 Å². The second-order valence-corrected chi connectivity index (χ2v) is 7.54. The van der Waals surface area contributed by atoms with Gasteiger partial charge in [0.05, 0.1) is 17.7 Å². The van der Waals surface area contributed by atoms with E-state index in [1.807, 2.05) is 12.1 Å². The maximum absolute atomic E-state index is 12.9. The minimum absolute atomic E-state index is 0.159. The number of benzene rings is 2. The third-order valence-electron chi connectivity index (χ3n) is 5.38. The number of rotatable bonds is 4. The molecule has 0 saturated heterocycles. The first kappa shape index (κ1) is 19.1. The molecule has 0 spiro atoms. The first-order valence-corrected chi connectivity index (χ1v) is 10.0. The maximum atomic E-state index is 12.9. The van der Waals surface area contributed by atoms with Crippen LogP contribution in [0.25, 0.3) is 10.9 Å². The van der Waals surface area contributed by atoms with E-state index in [1.54, 1.807) is 31.2 Å². The van der Waals surface area contributed by atoms with Crippen molar-refractivity contribution in [2.45, 2.75) is 33.1 Å². The first-order chi connectivity index (χ1) is 14.0. The van der Waals surface area contributed by atoms with Crippen LogP contribution in [0.1, 0.15) is 41.9 Å². The molecule has 1 aliphatic carbocycles. The number of hydrogen-bond donors (Lipinski definition) is 3. The van der Waals surface area contributed by atoms with Gasteiger partial charge in [-0.1, -0.05) is 19.1 Å². The van der Waals surface area contributed by atoms with E-state index >= 15 is 0 Å². The van der Waals surface area contributed by atoms with E-state index in [2.05, 4.69) is 28.6 Å². The molecule has 29 heavy (non-hydrogen) atoms. The van der Waals surface area contributed by atoms with Gasteiger partial charge in [0.1, 0.15) is 0 Å². The molecule has 150 valence electrons. The molecule has 6 nitrogen and oxygen atoms in total. The Balaban J connectivity index is 1.53. The summed E-state index contributed by atoms with van der Waals surface area (Å²) >= 11 is 0. The smallest absolute Gasteiger partial charge is 0.411 e. The van der Waals surface area contributed by atoms with E-state index in [-0.39, 0.29) is 5.91 Å². The molecule has 4 rings (SSSR count). The Morgan fingerprint density at radius 1 is 1.10 bits per heavy atom. The predicted octanol–water partition coefficient (Wildman–Crippen LogP) is 5.11. The molecule has 0 aliphatic heterocycles. The number of carbonyl (C=O) groups is 2. The second kappa shape index (κ2) is 7.99. The number of aromatic nitrogens is 1. The summed E-state index contributed by atoms with van der Waals surface area (Å²) in [6.07, 6.45) is 2.75. The van der Waals surface area contributed by atoms with Crippen molar-refractivity contribution in [2.75, 3.05) is 17.2 Å². The molecule has 3 N–H and O–H groups in total. The van der Waals surface area contributed by atoms with Gasteiger partial charge in [-0.25, -0.2) is 4.79 Å². The van der Waals surface area contributed by atoms with Gasteiger partial charge in [0.25, 0.3) is 5.91 Å². The molecular formula is C23H25N3O3. The lowest BCUT2D eigenvalue weighted by atomic mass is 9.87. The maximum Gasteiger partial charge on any atom is 0.411 e. The van der Waals surface area contributed by atoms with E-state index in [4.69, 9.17) is 4.74 Å². The van der Waals surface area contributed by atoms with Gasteiger partial charge in [0, 0.05) is 22.5 Å². The lowest BCUT2D eigenvalue weighted by molar-refractivity contribution is 0.102. The summed E-state index contributed by atoms with van der Waals surface area (Å²) < 4.78 is 4.86. The molecule has 3 aromatic rings. The van der Waals surface area contributed by atoms with Crippen LogP contribution in [-0.4, -0.2) is 23.6 Å². The number of aromatic amines is 1. The molecule has 1 unspecified atom stereocenters. The highest BCUT2D eigenvalue weighted by Crippen LogP contribution is 2.33. The number of anilines is 2. The molecule has 6 heteroatoms. The van der Waals surface area contributed by atoms with E-state index in [0.717, 1.165) is 23.7 Å². The average Bonchev–Trinajstić information content (AvgIpc) is 3.07. The number of fused-ring (bicyclic) bond motifs is 3. The van der Waals surface area contributed by atoms with Crippen LogP contribution in [0.5, 0.6) is 0 Å². The number of amides is 2. The Hall–Kier alpha value is -3.28. The van der Waals surface area contributed by atoms with Crippen LogP contribution in [0.4, 0.5) is 16.2 Å². The normalized spacial score (nSPS) is 15.6. The molecular weight excluding hydrogens is 366 g/mol. The number of carbonyl (C=O) groups excluding carboxylic acids is 2. The van der Waals surface area contributed by atoms with Crippen molar-refractivity contribution in [3.8, 4) is 0 Å². The highest BCUT2D eigenvalue weighted by atomic mass is 16.5. The predicted molar refractivity (Wildman–Crippen MR) is 115 cm³/mol. The Kier molecular flexibility index (Phi) is 5.25. The third-order valence-corrected chi connectivity index (χ3v) is 5.38. The van der Waals surface area contributed by atoms with E-state index in [9.17, 15) is 9.59 Å². The Morgan fingerprint density at radius 3 is 2.55 bits per heavy atom. The minimum Gasteiger partial charge on any atom is -0.450 e. The highest BCUT2D eigenvalue weighted by molar-refractivity contribution is 6.12. The van der Waals surface area contributed by atoms with Gasteiger partial charge in [0.15, 0.2) is 0 Å². The molecule has 1 aliphatic rings. The van der Waals surface area contributed by atoms with Gasteiger partial charge in [-0.2, -0.15) is 0 Å². The van der Waals surface area contributed by atoms with Crippen molar-refractivity contribution in [1.82, 2.24) is 4.98 Å². The van der Waals surface area contributed by atoms with Crippen molar-refractivity contribution < 1.29 is 14.3 Å². The largest absolute Gasteiger partial charge is 0.450 e. The molecule has 0 radical (unpaired) electrons. The van der Waals surface area contributed by atoms with Gasteiger partial charge < -0.3 is 15.0 Å². The minimum atomic E-state index is -0.499. The van der Waals surface area contributed by atoms with Gasteiger partial charge in [0.2, 0.25) is 0 Å². The summed E-state index contributed by atoms with van der Waals surface area (Å²) in [5, 5.41) is 6.72. The first-order valence-electron chi connectivity index (χ1n) is 10.0. The van der Waals surface area contributed by atoms with Crippen LogP contribution in [0.15, 0.2) is 42.5 Å². The fourth-order valence-electron chi connectivity index (χ4n) is 3.92. The van der Waals surface area contributed by atoms with Gasteiger partial charge >= 0.3 is 6.09 Å². The number of ether oxygens (including phenoxy) is 1. The Labute approximate surface area is 169 Å². The lowest BCUT2D eigenvalue weighted by Crippen LogP contribution is -2.14. The van der Waals surface area contributed by atoms with E-state index < -0.39 is 6.09 Å². The molecule has 2 amide bonds. The molecule has 1 aromatic heterocycles. The highest BCUT2D eigenvalue weighted by Gasteiger charge is 2.22. The number of aryl methyl sites for hydroxylation is 1. The SMILES string of the molecule is CCOC(=O)Nc1ccc(NC(=O)c2cccc3c4c([nH]c23)CCC(C)C4)cc1. The van der Waals surface area contributed by atoms with Crippen LogP contribution >= 0.6 is 0 Å². The summed E-state index contributed by atoms with van der Waals surface area (Å²) in [6.45, 7) is 4.34. The van der Waals surface area contributed by atoms with Crippen LogP contribution in [0.3, 0.4) is 0 Å². The fraction of sp³-hybridized carbons (Fsp3) is 0.304. The quantitative estimate of drug-likeness (QED) is 0.578. The van der Waals surface area contributed by atoms with E-state index in [0.29, 0.717) is 29.5 Å². The Morgan fingerprint density at radius 2 is 1.83 bits per heavy atom. The molecule has 1 atom stereocenters. The molecule has 0 fully saturated rings. The lowest BCUT2D eigenvalue weighted by Gasteiger charge is -2.17.